The molecule has 0 radical (unpaired) electrons. The van der Waals surface area contributed by atoms with Crippen LogP contribution in [0.5, 0.6) is 11.5 Å². The highest BCUT2D eigenvalue weighted by Gasteiger charge is 2.24. The number of nitrogens with two attached hydrogens (primary N) is 1. The Kier molecular flexibility index (Phi) is 9.38. The zero-order chi connectivity index (χ0) is 26.1. The Morgan fingerprint density at radius 1 is 1.06 bits per heavy atom. The van der Waals surface area contributed by atoms with Crippen molar-refractivity contribution >= 4 is 11.6 Å². The van der Waals surface area contributed by atoms with Gasteiger partial charge in [-0.1, -0.05) is 60.2 Å². The molecule has 9 heteroatoms. The maximum absolute atomic E-state index is 12.8. The van der Waals surface area contributed by atoms with Gasteiger partial charge in [0, 0.05) is 6.42 Å². The van der Waals surface area contributed by atoms with E-state index in [1.165, 1.54) is 19.2 Å². The normalized spacial score (nSPS) is 12.4. The summed E-state index contributed by atoms with van der Waals surface area (Å²) in [6.45, 7) is 3.79. The summed E-state index contributed by atoms with van der Waals surface area (Å²) in [7, 11) is 1.44. The van der Waals surface area contributed by atoms with Crippen LogP contribution in [0.2, 0.25) is 0 Å². The quantitative estimate of drug-likeness (QED) is 0.208. The van der Waals surface area contributed by atoms with Crippen LogP contribution < -0.4 is 20.7 Å². The first-order chi connectivity index (χ1) is 17.3. The van der Waals surface area contributed by atoms with Gasteiger partial charge in [-0.2, -0.15) is 0 Å². The minimum absolute atomic E-state index is 0.129. The molecular formula is C27H31N3O6. The highest BCUT2D eigenvalue weighted by molar-refractivity contribution is 5.77. The van der Waals surface area contributed by atoms with Crippen LogP contribution in [-0.2, 0) is 9.63 Å². The van der Waals surface area contributed by atoms with Gasteiger partial charge in [-0.3, -0.25) is 19.7 Å². The highest BCUT2D eigenvalue weighted by atomic mass is 16.6. The van der Waals surface area contributed by atoms with E-state index >= 15 is 0 Å². The molecule has 2 atom stereocenters. The molecule has 3 aromatic rings. The molecule has 0 saturated heterocycles. The molecule has 0 bridgehead atoms. The number of nitrogens with one attached hydrogen (secondary N) is 1. The Hall–Kier alpha value is -3.95. The number of amides is 1. The third-order valence-corrected chi connectivity index (χ3v) is 5.81. The maximum atomic E-state index is 12.8. The van der Waals surface area contributed by atoms with E-state index in [4.69, 9.17) is 20.2 Å². The molecular weight excluding hydrogens is 462 g/mol. The Labute approximate surface area is 210 Å². The summed E-state index contributed by atoms with van der Waals surface area (Å²) in [5.41, 5.74) is 3.20. The van der Waals surface area contributed by atoms with Gasteiger partial charge in [-0.15, -0.1) is 0 Å². The van der Waals surface area contributed by atoms with Gasteiger partial charge in [0.05, 0.1) is 36.3 Å². The van der Waals surface area contributed by atoms with Gasteiger partial charge in [-0.05, 0) is 37.5 Å². The number of carbonyl (C=O) groups excluding carboxylic acids is 1. The predicted molar refractivity (Wildman–Crippen MR) is 136 cm³/mol. The number of rotatable bonds is 12. The zero-order valence-electron chi connectivity index (χ0n) is 20.6. The lowest BCUT2D eigenvalue weighted by molar-refractivity contribution is -0.386. The molecule has 0 heterocycles. The van der Waals surface area contributed by atoms with Crippen molar-refractivity contribution in [3.63, 3.8) is 0 Å². The van der Waals surface area contributed by atoms with E-state index in [0.29, 0.717) is 12.2 Å². The number of nitrogens with zero attached hydrogens (tertiary/aromatic N) is 1. The molecule has 9 nitrogen and oxygen atoms in total. The lowest BCUT2D eigenvalue weighted by Gasteiger charge is -2.20. The van der Waals surface area contributed by atoms with Gasteiger partial charge in [-0.25, -0.2) is 5.90 Å². The van der Waals surface area contributed by atoms with Crippen molar-refractivity contribution in [1.82, 2.24) is 5.32 Å². The topological polar surface area (TPSA) is 126 Å². The summed E-state index contributed by atoms with van der Waals surface area (Å²) >= 11 is 0. The second-order valence-corrected chi connectivity index (χ2v) is 8.37. The highest BCUT2D eigenvalue weighted by Crippen LogP contribution is 2.38. The molecule has 0 spiro atoms. The molecule has 1 amide bonds. The first kappa shape index (κ1) is 26.7. The van der Waals surface area contributed by atoms with Gasteiger partial charge in [0.15, 0.2) is 11.5 Å². The molecule has 0 saturated carbocycles. The number of nitro groups is 1. The second-order valence-electron chi connectivity index (χ2n) is 8.37. The van der Waals surface area contributed by atoms with Gasteiger partial charge in [0.1, 0.15) is 6.10 Å². The molecule has 0 aliphatic heterocycles. The Morgan fingerprint density at radius 3 is 2.33 bits per heavy atom. The number of ether oxygens (including phenoxy) is 2. The largest absolute Gasteiger partial charge is 0.493 e. The van der Waals surface area contributed by atoms with E-state index < -0.39 is 11.0 Å². The average Bonchev–Trinajstić information content (AvgIpc) is 2.89. The summed E-state index contributed by atoms with van der Waals surface area (Å²) in [5.74, 6) is 5.60. The number of carbonyl (C=O) groups is 1. The molecule has 0 aliphatic carbocycles. The van der Waals surface area contributed by atoms with Crippen molar-refractivity contribution in [3.05, 3.63) is 99.1 Å². The molecule has 0 aromatic heterocycles. The third-order valence-electron chi connectivity index (χ3n) is 5.81. The monoisotopic (exact) mass is 493 g/mol. The van der Waals surface area contributed by atoms with E-state index in [2.05, 4.69) is 5.32 Å². The van der Waals surface area contributed by atoms with Crippen molar-refractivity contribution in [2.45, 2.75) is 38.8 Å². The number of methoxy groups -OCH3 is 1. The van der Waals surface area contributed by atoms with Crippen LogP contribution in [0, 0.1) is 17.0 Å². The third kappa shape index (κ3) is 6.80. The van der Waals surface area contributed by atoms with Crippen molar-refractivity contribution in [2.75, 3.05) is 13.7 Å². The fraction of sp³-hybridized carbons (Fsp3) is 0.296. The predicted octanol–water partition coefficient (Wildman–Crippen LogP) is 4.93. The number of hydrogen-bond donors (Lipinski definition) is 2. The molecule has 3 aromatic carbocycles. The Balaban J connectivity index is 1.64. The lowest BCUT2D eigenvalue weighted by Crippen LogP contribution is -2.29. The van der Waals surface area contributed by atoms with Gasteiger partial charge < -0.3 is 14.8 Å². The molecule has 0 fully saturated rings. The van der Waals surface area contributed by atoms with Crippen molar-refractivity contribution in [3.8, 4) is 11.5 Å². The number of nitro benzene ring substituents is 1. The number of benzene rings is 3. The van der Waals surface area contributed by atoms with Crippen LogP contribution in [0.1, 0.15) is 54.2 Å². The molecule has 3 rings (SSSR count). The van der Waals surface area contributed by atoms with Crippen molar-refractivity contribution in [2.24, 2.45) is 5.90 Å². The van der Waals surface area contributed by atoms with E-state index in [1.807, 2.05) is 61.5 Å². The van der Waals surface area contributed by atoms with Crippen LogP contribution in [0.25, 0.3) is 0 Å². The van der Waals surface area contributed by atoms with Gasteiger partial charge in [0.2, 0.25) is 5.91 Å². The van der Waals surface area contributed by atoms with Gasteiger partial charge >= 0.3 is 0 Å². The number of aryl methyl sites for hydroxylation is 1. The molecule has 0 aliphatic rings. The zero-order valence-corrected chi connectivity index (χ0v) is 20.6. The number of hydrogen-bond acceptors (Lipinski definition) is 7. The minimum Gasteiger partial charge on any atom is -0.493 e. The molecule has 36 heavy (non-hydrogen) atoms. The van der Waals surface area contributed by atoms with Crippen LogP contribution >= 0.6 is 0 Å². The average molecular weight is 494 g/mol. The SMILES string of the molecule is COc1cc(C(C)ON)c([N+](=O)[O-])cc1OCCCC(=O)NC(c1ccccc1)c1ccc(C)cc1. The fourth-order valence-corrected chi connectivity index (χ4v) is 3.81. The molecule has 190 valence electrons. The van der Waals surface area contributed by atoms with Crippen LogP contribution in [-0.4, -0.2) is 24.5 Å². The Bertz CT molecular complexity index is 1170. The van der Waals surface area contributed by atoms with Crippen molar-refractivity contribution in [1.29, 1.82) is 0 Å². The van der Waals surface area contributed by atoms with Crippen LogP contribution in [0.15, 0.2) is 66.7 Å². The second kappa shape index (κ2) is 12.7. The molecule has 3 N–H and O–H groups in total. The summed E-state index contributed by atoms with van der Waals surface area (Å²) in [5, 5.41) is 14.6. The summed E-state index contributed by atoms with van der Waals surface area (Å²) in [6.07, 6.45) is -0.0824. The van der Waals surface area contributed by atoms with E-state index in [9.17, 15) is 14.9 Å². The fourth-order valence-electron chi connectivity index (χ4n) is 3.81. The van der Waals surface area contributed by atoms with Crippen LogP contribution in [0.3, 0.4) is 0 Å². The van der Waals surface area contributed by atoms with E-state index in [1.54, 1.807) is 6.92 Å². The standard InChI is InChI=1S/C27H31N3O6/c1-18-11-13-21(14-12-18)27(20-8-5-4-6-9-20)29-26(31)10-7-15-35-25-17-23(30(32)33)22(19(2)36-28)16-24(25)34-3/h4-6,8-9,11-14,16-17,19,27H,7,10,15,28H2,1-3H3,(H,29,31). The van der Waals surface area contributed by atoms with Crippen LogP contribution in [0.4, 0.5) is 5.69 Å². The smallest absolute Gasteiger partial charge is 0.279 e. The molecule has 2 unspecified atom stereocenters. The first-order valence-electron chi connectivity index (χ1n) is 11.6. The van der Waals surface area contributed by atoms with E-state index in [-0.39, 0.29) is 42.0 Å². The first-order valence-corrected chi connectivity index (χ1v) is 11.6. The summed E-state index contributed by atoms with van der Waals surface area (Å²) in [4.78, 5) is 28.5. The minimum atomic E-state index is -0.705. The summed E-state index contributed by atoms with van der Waals surface area (Å²) < 4.78 is 11.1. The van der Waals surface area contributed by atoms with Gasteiger partial charge in [0.25, 0.3) is 5.69 Å². The summed E-state index contributed by atoms with van der Waals surface area (Å²) in [6, 6.07) is 20.3. The van der Waals surface area contributed by atoms with E-state index in [0.717, 1.165) is 16.7 Å². The maximum Gasteiger partial charge on any atom is 0.279 e. The Morgan fingerprint density at radius 2 is 1.72 bits per heavy atom. The van der Waals surface area contributed by atoms with Crippen molar-refractivity contribution < 1.29 is 24.0 Å². The lowest BCUT2D eigenvalue weighted by atomic mass is 9.97.